The first-order chi connectivity index (χ1) is 25.9. The summed E-state index contributed by atoms with van der Waals surface area (Å²) in [6.45, 7) is 14.5. The summed E-state index contributed by atoms with van der Waals surface area (Å²) in [5.41, 5.74) is -0.741. The summed E-state index contributed by atoms with van der Waals surface area (Å²) in [4.78, 5) is 81.2. The average Bonchev–Trinajstić information content (AvgIpc) is 3.18. The van der Waals surface area contributed by atoms with Crippen molar-refractivity contribution in [3.05, 3.63) is 35.9 Å². The first kappa shape index (κ1) is 44.8. The summed E-state index contributed by atoms with van der Waals surface area (Å²) in [5.74, 6) is -5.78. The second kappa shape index (κ2) is 16.9. The molecule has 56 heavy (non-hydrogen) atoms. The zero-order valence-electron chi connectivity index (χ0n) is 34.0. The minimum atomic E-state index is -1.87. The molecule has 1 aromatic carbocycles. The first-order valence-corrected chi connectivity index (χ1v) is 19.3. The minimum absolute atomic E-state index is 0.0205. The molecule has 5 N–H and O–H groups in total. The topological polar surface area (TPSA) is 227 Å². The van der Waals surface area contributed by atoms with Crippen LogP contribution in [-0.2, 0) is 47.7 Å². The Balaban J connectivity index is 1.77. The molecule has 10 atom stereocenters. The van der Waals surface area contributed by atoms with Crippen LogP contribution in [0.25, 0.3) is 0 Å². The minimum Gasteiger partial charge on any atom is -0.459 e. The van der Waals surface area contributed by atoms with E-state index in [9.17, 15) is 39.0 Å². The van der Waals surface area contributed by atoms with Gasteiger partial charge in [-0.3, -0.25) is 14.4 Å². The third-order valence-corrected chi connectivity index (χ3v) is 12.5. The van der Waals surface area contributed by atoms with E-state index in [1.54, 1.807) is 78.8 Å². The number of hydrogen-bond donors (Lipinski definition) is 4. The van der Waals surface area contributed by atoms with Crippen molar-refractivity contribution in [2.75, 3.05) is 19.8 Å². The van der Waals surface area contributed by atoms with Gasteiger partial charge >= 0.3 is 24.0 Å². The van der Waals surface area contributed by atoms with Crippen LogP contribution in [0.2, 0.25) is 0 Å². The van der Waals surface area contributed by atoms with Gasteiger partial charge in [0.05, 0.1) is 36.3 Å². The average molecular weight is 789 g/mol. The number of nitrogens with one attached hydrogen (secondary N) is 1. The Labute approximate surface area is 328 Å². The van der Waals surface area contributed by atoms with Crippen LogP contribution in [0.4, 0.5) is 4.79 Å². The number of carbonyl (C=O) groups excluding carboxylic acids is 6. The Morgan fingerprint density at radius 3 is 2.29 bits per heavy atom. The van der Waals surface area contributed by atoms with Gasteiger partial charge in [-0.1, -0.05) is 58.0 Å². The molecule has 1 aliphatic heterocycles. The Morgan fingerprint density at radius 2 is 1.68 bits per heavy atom. The normalized spacial score (nSPS) is 32.8. The quantitative estimate of drug-likeness (QED) is 0.151. The number of alkyl carbamates (subject to hydrolysis) is 1. The molecule has 2 bridgehead atoms. The van der Waals surface area contributed by atoms with E-state index in [-0.39, 0.29) is 45.3 Å². The summed E-state index contributed by atoms with van der Waals surface area (Å²) in [5, 5.41) is 27.1. The fourth-order valence-electron chi connectivity index (χ4n) is 8.72. The molecule has 1 amide bonds. The molecule has 10 unspecified atom stereocenters. The molecular formula is C41H60N2O13. The van der Waals surface area contributed by atoms with Crippen molar-refractivity contribution in [3.63, 3.8) is 0 Å². The highest BCUT2D eigenvalue weighted by Gasteiger charge is 2.67. The fourth-order valence-corrected chi connectivity index (χ4v) is 8.72. The number of amides is 1. The van der Waals surface area contributed by atoms with E-state index < -0.39 is 112 Å². The number of esters is 3. The SMILES string of the molecule is CC1CC(O)C2(C)C(=O)C(=O)CC3C(C)C(OC(=O)C(OC(=O)COC(=O)CCN)C(NC(=O)OC(C)(C)C)c4ccccc4)CC(O)(CC2(C)CO1)C3(C)C. The lowest BCUT2D eigenvalue weighted by Gasteiger charge is -2.58. The smallest absolute Gasteiger partial charge is 0.408 e. The van der Waals surface area contributed by atoms with Crippen LogP contribution in [0.15, 0.2) is 30.3 Å². The molecular weight excluding hydrogens is 728 g/mol. The third kappa shape index (κ3) is 9.27. The number of fused-ring (bicyclic) bond motifs is 3. The lowest BCUT2D eigenvalue weighted by molar-refractivity contribution is -0.221. The molecule has 0 radical (unpaired) electrons. The Hall–Kier alpha value is -3.92. The van der Waals surface area contributed by atoms with Gasteiger partial charge in [-0.25, -0.2) is 14.4 Å². The molecule has 3 fully saturated rings. The monoisotopic (exact) mass is 788 g/mol. The van der Waals surface area contributed by atoms with Gasteiger partial charge in [0.2, 0.25) is 11.9 Å². The van der Waals surface area contributed by atoms with E-state index in [2.05, 4.69) is 5.32 Å². The maximum Gasteiger partial charge on any atom is 0.408 e. The Morgan fingerprint density at radius 1 is 1.04 bits per heavy atom. The van der Waals surface area contributed by atoms with Crippen molar-refractivity contribution in [1.82, 2.24) is 5.32 Å². The van der Waals surface area contributed by atoms with Crippen LogP contribution in [-0.4, -0.2) is 101 Å². The largest absolute Gasteiger partial charge is 0.459 e. The van der Waals surface area contributed by atoms with Gasteiger partial charge < -0.3 is 44.9 Å². The van der Waals surface area contributed by atoms with Crippen LogP contribution in [0.3, 0.4) is 0 Å². The summed E-state index contributed by atoms with van der Waals surface area (Å²) in [6, 6.07) is 6.82. The lowest BCUT2D eigenvalue weighted by Crippen LogP contribution is -2.63. The van der Waals surface area contributed by atoms with Crippen molar-refractivity contribution in [1.29, 1.82) is 0 Å². The number of aliphatic hydroxyl groups excluding tert-OH is 1. The number of hydrogen-bond acceptors (Lipinski definition) is 14. The molecule has 15 nitrogen and oxygen atoms in total. The fraction of sp³-hybridized carbons (Fsp3) is 0.707. The molecule has 1 saturated heterocycles. The van der Waals surface area contributed by atoms with Crippen molar-refractivity contribution >= 4 is 35.6 Å². The van der Waals surface area contributed by atoms with Crippen LogP contribution in [0, 0.1) is 28.1 Å². The molecule has 3 aliphatic rings. The van der Waals surface area contributed by atoms with E-state index >= 15 is 0 Å². The number of aliphatic hydroxyl groups is 2. The number of ether oxygens (including phenoxy) is 5. The highest BCUT2D eigenvalue weighted by atomic mass is 16.6. The van der Waals surface area contributed by atoms with E-state index in [1.165, 1.54) is 0 Å². The number of carbonyl (C=O) groups is 6. The molecule has 2 saturated carbocycles. The number of ketones is 2. The predicted octanol–water partition coefficient (Wildman–Crippen LogP) is 3.50. The van der Waals surface area contributed by atoms with Crippen molar-refractivity contribution in [3.8, 4) is 0 Å². The molecule has 0 aromatic heterocycles. The second-order valence-corrected chi connectivity index (χ2v) is 17.8. The molecule has 2 aliphatic carbocycles. The predicted molar refractivity (Wildman–Crippen MR) is 200 cm³/mol. The lowest BCUT2D eigenvalue weighted by atomic mass is 9.49. The number of benzene rings is 1. The molecule has 0 spiro atoms. The van der Waals surface area contributed by atoms with Gasteiger partial charge in [0, 0.05) is 31.2 Å². The van der Waals surface area contributed by atoms with Gasteiger partial charge in [0.15, 0.2) is 12.4 Å². The maximum absolute atomic E-state index is 14.5. The van der Waals surface area contributed by atoms with Gasteiger partial charge in [-0.05, 0) is 63.9 Å². The van der Waals surface area contributed by atoms with E-state index in [4.69, 9.17) is 29.4 Å². The molecule has 4 rings (SSSR count). The number of rotatable bonds is 10. The van der Waals surface area contributed by atoms with Crippen LogP contribution in [0.5, 0.6) is 0 Å². The molecule has 1 heterocycles. The maximum atomic E-state index is 14.5. The summed E-state index contributed by atoms with van der Waals surface area (Å²) < 4.78 is 28.4. The summed E-state index contributed by atoms with van der Waals surface area (Å²) in [6.07, 6.45) is -6.17. The van der Waals surface area contributed by atoms with Gasteiger partial charge in [0.25, 0.3) is 0 Å². The van der Waals surface area contributed by atoms with Gasteiger partial charge in [-0.2, -0.15) is 0 Å². The van der Waals surface area contributed by atoms with Crippen molar-refractivity contribution in [2.45, 2.75) is 136 Å². The molecule has 1 aromatic rings. The zero-order chi connectivity index (χ0) is 42.0. The standard InChI is InChI=1S/C41H60N2O13/c1-23-17-29(45)40(9)34(48)27(44)18-26-24(2)28(19-41(51,38(26,6)7)21-39(40,8)22-53-23)54-35(49)33(55-31(47)20-52-30(46)15-16-42)32(25-13-11-10-12-14-25)43-36(50)56-37(3,4)5/h10-14,23-24,26,28-29,32-33,45,51H,15-22,42H2,1-9H3,(H,43,50). The summed E-state index contributed by atoms with van der Waals surface area (Å²) in [7, 11) is 0. The second-order valence-electron chi connectivity index (χ2n) is 17.8. The Kier molecular flexibility index (Phi) is 13.5. The van der Waals surface area contributed by atoms with E-state index in [1.807, 2.05) is 13.8 Å². The summed E-state index contributed by atoms with van der Waals surface area (Å²) >= 11 is 0. The highest BCUT2D eigenvalue weighted by Crippen LogP contribution is 2.61. The van der Waals surface area contributed by atoms with Crippen molar-refractivity contribution in [2.24, 2.45) is 33.8 Å². The molecule has 312 valence electrons. The van der Waals surface area contributed by atoms with Gasteiger partial charge in [0.1, 0.15) is 17.7 Å². The van der Waals surface area contributed by atoms with Crippen LogP contribution >= 0.6 is 0 Å². The van der Waals surface area contributed by atoms with Gasteiger partial charge in [-0.15, -0.1) is 0 Å². The Bertz CT molecular complexity index is 1640. The highest BCUT2D eigenvalue weighted by molar-refractivity contribution is 6.39. The van der Waals surface area contributed by atoms with Crippen molar-refractivity contribution < 1.29 is 62.7 Å². The van der Waals surface area contributed by atoms with E-state index in [0.717, 1.165) is 0 Å². The van der Waals surface area contributed by atoms with Crippen LogP contribution in [0.1, 0.15) is 106 Å². The van der Waals surface area contributed by atoms with Crippen LogP contribution < -0.4 is 11.1 Å². The number of nitrogens with two attached hydrogens (primary N) is 1. The molecule has 15 heteroatoms. The zero-order valence-corrected chi connectivity index (χ0v) is 34.0. The number of Topliss-reactive ketones (excluding diaryl/α,β-unsaturated/α-hetero) is 2. The third-order valence-electron chi connectivity index (χ3n) is 12.5. The first-order valence-electron chi connectivity index (χ1n) is 19.3. The van der Waals surface area contributed by atoms with E-state index in [0.29, 0.717) is 5.56 Å².